The molecule has 1 aromatic carbocycles. The summed E-state index contributed by atoms with van der Waals surface area (Å²) in [6.07, 6.45) is 3.23. The van der Waals surface area contributed by atoms with Gasteiger partial charge in [-0.15, -0.1) is 5.10 Å². The molecule has 1 aliphatic rings. The standard InChI is InChI=1S/C14H15N3O3/c1-20-11-7-5-10(6-8-11)17-13(9-3-2-4-9)15-12(16-17)14(18)19/h5-9H,2-4H2,1H3,(H,18,19). The monoisotopic (exact) mass is 273 g/mol. The van der Waals surface area contributed by atoms with Crippen LogP contribution in [0.4, 0.5) is 0 Å². The van der Waals surface area contributed by atoms with E-state index in [-0.39, 0.29) is 5.82 Å². The average Bonchev–Trinajstić information content (AvgIpc) is 2.82. The lowest BCUT2D eigenvalue weighted by Gasteiger charge is -2.24. The van der Waals surface area contributed by atoms with Gasteiger partial charge in [-0.2, -0.15) is 0 Å². The molecule has 1 heterocycles. The Morgan fingerprint density at radius 3 is 2.55 bits per heavy atom. The van der Waals surface area contributed by atoms with Crippen LogP contribution in [-0.2, 0) is 0 Å². The van der Waals surface area contributed by atoms with Gasteiger partial charge in [-0.05, 0) is 37.1 Å². The normalized spacial score (nSPS) is 14.8. The molecule has 1 aliphatic carbocycles. The van der Waals surface area contributed by atoms with E-state index >= 15 is 0 Å². The predicted octanol–water partition coefficient (Wildman–Crippen LogP) is 2.24. The van der Waals surface area contributed by atoms with Gasteiger partial charge in [0.25, 0.3) is 5.82 Å². The maximum absolute atomic E-state index is 11.1. The van der Waals surface area contributed by atoms with Gasteiger partial charge in [0.15, 0.2) is 0 Å². The third kappa shape index (κ3) is 2.13. The first-order valence-corrected chi connectivity index (χ1v) is 6.53. The fraction of sp³-hybridized carbons (Fsp3) is 0.357. The zero-order valence-electron chi connectivity index (χ0n) is 11.1. The molecule has 0 radical (unpaired) electrons. The van der Waals surface area contributed by atoms with E-state index in [1.165, 1.54) is 0 Å². The Labute approximate surface area is 116 Å². The smallest absolute Gasteiger partial charge is 0.375 e. The van der Waals surface area contributed by atoms with Crippen LogP contribution in [0.2, 0.25) is 0 Å². The molecule has 6 heteroatoms. The van der Waals surface area contributed by atoms with Crippen LogP contribution in [0.5, 0.6) is 5.75 Å². The van der Waals surface area contributed by atoms with Crippen LogP contribution >= 0.6 is 0 Å². The van der Waals surface area contributed by atoms with Gasteiger partial charge in [-0.3, -0.25) is 0 Å². The highest BCUT2D eigenvalue weighted by Gasteiger charge is 2.28. The van der Waals surface area contributed by atoms with E-state index in [0.717, 1.165) is 36.5 Å². The predicted molar refractivity (Wildman–Crippen MR) is 71.5 cm³/mol. The van der Waals surface area contributed by atoms with E-state index in [4.69, 9.17) is 9.84 Å². The van der Waals surface area contributed by atoms with Crippen molar-refractivity contribution in [2.24, 2.45) is 0 Å². The third-order valence-electron chi connectivity index (χ3n) is 3.61. The van der Waals surface area contributed by atoms with Crippen molar-refractivity contribution >= 4 is 5.97 Å². The number of ether oxygens (including phenoxy) is 1. The minimum Gasteiger partial charge on any atom is -0.497 e. The minimum absolute atomic E-state index is 0.150. The lowest BCUT2D eigenvalue weighted by Crippen LogP contribution is -2.15. The zero-order chi connectivity index (χ0) is 14.1. The zero-order valence-corrected chi connectivity index (χ0v) is 11.1. The number of nitrogens with zero attached hydrogens (tertiary/aromatic N) is 3. The lowest BCUT2D eigenvalue weighted by atomic mass is 9.85. The number of carboxylic acids is 1. The second-order valence-electron chi connectivity index (χ2n) is 4.84. The summed E-state index contributed by atoms with van der Waals surface area (Å²) >= 11 is 0. The molecule has 0 bridgehead atoms. The van der Waals surface area contributed by atoms with E-state index in [9.17, 15) is 4.79 Å². The number of aromatic carboxylic acids is 1. The summed E-state index contributed by atoms with van der Waals surface area (Å²) in [6.45, 7) is 0. The van der Waals surface area contributed by atoms with Crippen molar-refractivity contribution in [3.8, 4) is 11.4 Å². The first-order chi connectivity index (χ1) is 9.69. The van der Waals surface area contributed by atoms with Crippen LogP contribution < -0.4 is 4.74 Å². The van der Waals surface area contributed by atoms with Crippen LogP contribution in [0.25, 0.3) is 5.69 Å². The van der Waals surface area contributed by atoms with Gasteiger partial charge < -0.3 is 9.84 Å². The second kappa shape index (κ2) is 4.96. The third-order valence-corrected chi connectivity index (χ3v) is 3.61. The molecule has 1 aromatic heterocycles. The topological polar surface area (TPSA) is 77.2 Å². The fourth-order valence-corrected chi connectivity index (χ4v) is 2.26. The van der Waals surface area contributed by atoms with Crippen molar-refractivity contribution in [2.45, 2.75) is 25.2 Å². The summed E-state index contributed by atoms with van der Waals surface area (Å²) < 4.78 is 6.75. The summed E-state index contributed by atoms with van der Waals surface area (Å²) in [6, 6.07) is 7.34. The van der Waals surface area contributed by atoms with Gasteiger partial charge in [-0.25, -0.2) is 14.5 Å². The van der Waals surface area contributed by atoms with Crippen LogP contribution in [0, 0.1) is 0 Å². The van der Waals surface area contributed by atoms with Crippen molar-refractivity contribution in [3.05, 3.63) is 35.9 Å². The van der Waals surface area contributed by atoms with Crippen LogP contribution in [0.3, 0.4) is 0 Å². The van der Waals surface area contributed by atoms with Gasteiger partial charge >= 0.3 is 5.97 Å². The summed E-state index contributed by atoms with van der Waals surface area (Å²) in [5, 5.41) is 13.2. The molecule has 0 spiro atoms. The van der Waals surface area contributed by atoms with E-state index < -0.39 is 5.97 Å². The minimum atomic E-state index is -1.10. The second-order valence-corrected chi connectivity index (χ2v) is 4.84. The Bertz CT molecular complexity index is 630. The number of aromatic nitrogens is 3. The molecule has 1 saturated carbocycles. The number of benzene rings is 1. The molecule has 0 aliphatic heterocycles. The number of hydrogen-bond donors (Lipinski definition) is 1. The van der Waals surface area contributed by atoms with Crippen LogP contribution in [0.15, 0.2) is 24.3 Å². The van der Waals surface area contributed by atoms with Crippen molar-refractivity contribution in [2.75, 3.05) is 7.11 Å². The largest absolute Gasteiger partial charge is 0.497 e. The number of carboxylic acid groups (broad SMARTS) is 1. The van der Waals surface area contributed by atoms with Crippen LogP contribution in [-0.4, -0.2) is 33.0 Å². The summed E-state index contributed by atoms with van der Waals surface area (Å²) in [5.41, 5.74) is 0.799. The molecule has 0 amide bonds. The van der Waals surface area contributed by atoms with Crippen LogP contribution in [0.1, 0.15) is 41.6 Å². The summed E-state index contributed by atoms with van der Waals surface area (Å²) in [5.74, 6) is 0.537. The van der Waals surface area contributed by atoms with E-state index in [2.05, 4.69) is 10.1 Å². The SMILES string of the molecule is COc1ccc(-n2nc(C(=O)O)nc2C2CCC2)cc1. The van der Waals surface area contributed by atoms with E-state index in [0.29, 0.717) is 5.92 Å². The Hall–Kier alpha value is -2.37. The number of rotatable bonds is 4. The molecule has 0 saturated heterocycles. The Morgan fingerprint density at radius 1 is 1.35 bits per heavy atom. The lowest BCUT2D eigenvalue weighted by molar-refractivity contribution is 0.0683. The molecular formula is C14H15N3O3. The molecule has 3 rings (SSSR count). The first-order valence-electron chi connectivity index (χ1n) is 6.53. The molecule has 20 heavy (non-hydrogen) atoms. The molecule has 0 atom stereocenters. The molecule has 6 nitrogen and oxygen atoms in total. The van der Waals surface area contributed by atoms with Gasteiger partial charge in [0.1, 0.15) is 11.6 Å². The highest BCUT2D eigenvalue weighted by atomic mass is 16.5. The quantitative estimate of drug-likeness (QED) is 0.924. The van der Waals surface area contributed by atoms with Crippen molar-refractivity contribution in [3.63, 3.8) is 0 Å². The summed E-state index contributed by atoms with van der Waals surface area (Å²) in [7, 11) is 1.60. The Balaban J connectivity index is 2.03. The fourth-order valence-electron chi connectivity index (χ4n) is 2.26. The number of carbonyl (C=O) groups is 1. The van der Waals surface area contributed by atoms with E-state index in [1.807, 2.05) is 24.3 Å². The highest BCUT2D eigenvalue weighted by molar-refractivity contribution is 5.83. The highest BCUT2D eigenvalue weighted by Crippen LogP contribution is 2.36. The van der Waals surface area contributed by atoms with Gasteiger partial charge in [-0.1, -0.05) is 6.42 Å². The molecule has 104 valence electrons. The molecule has 0 unspecified atom stereocenters. The van der Waals surface area contributed by atoms with Gasteiger partial charge in [0.2, 0.25) is 0 Å². The number of hydrogen-bond acceptors (Lipinski definition) is 4. The molecule has 2 aromatic rings. The Kier molecular flexibility index (Phi) is 3.14. The maximum Gasteiger partial charge on any atom is 0.375 e. The van der Waals surface area contributed by atoms with Crippen molar-refractivity contribution < 1.29 is 14.6 Å². The molecule has 1 N–H and O–H groups in total. The maximum atomic E-state index is 11.1. The van der Waals surface area contributed by atoms with Crippen molar-refractivity contribution in [1.82, 2.24) is 14.8 Å². The molecule has 1 fully saturated rings. The van der Waals surface area contributed by atoms with Gasteiger partial charge in [0, 0.05) is 5.92 Å². The average molecular weight is 273 g/mol. The first kappa shape index (κ1) is 12.7. The molecular weight excluding hydrogens is 258 g/mol. The van der Waals surface area contributed by atoms with E-state index in [1.54, 1.807) is 11.8 Å². The van der Waals surface area contributed by atoms with Gasteiger partial charge in [0.05, 0.1) is 12.8 Å². The number of methoxy groups -OCH3 is 1. The Morgan fingerprint density at radius 2 is 2.05 bits per heavy atom. The van der Waals surface area contributed by atoms with Crippen molar-refractivity contribution in [1.29, 1.82) is 0 Å². The summed E-state index contributed by atoms with van der Waals surface area (Å²) in [4.78, 5) is 15.2.